The topological polar surface area (TPSA) is 113 Å². The number of likely N-dealkylation sites (tertiary alicyclic amines) is 1. The molecule has 2 aromatic carbocycles. The number of para-hydroxylation sites is 3. The molecular weight excluding hydrogens is 588 g/mol. The van der Waals surface area contributed by atoms with E-state index in [1.54, 1.807) is 11.1 Å². The number of anilines is 1. The van der Waals surface area contributed by atoms with Crippen LogP contribution < -0.4 is 4.90 Å². The molecule has 0 spiro atoms. The molecule has 1 N–H and O–H groups in total. The van der Waals surface area contributed by atoms with Crippen LogP contribution in [0.1, 0.15) is 86.2 Å². The van der Waals surface area contributed by atoms with Crippen molar-refractivity contribution >= 4 is 28.4 Å². The van der Waals surface area contributed by atoms with Crippen LogP contribution in [0.15, 0.2) is 72.9 Å². The van der Waals surface area contributed by atoms with Gasteiger partial charge >= 0.3 is 0 Å². The molecule has 1 saturated carbocycles. The highest BCUT2D eigenvalue weighted by Crippen LogP contribution is 2.40. The highest BCUT2D eigenvalue weighted by Gasteiger charge is 2.41. The van der Waals surface area contributed by atoms with E-state index >= 15 is 0 Å². The van der Waals surface area contributed by atoms with Crippen LogP contribution in [0.5, 0.6) is 0 Å². The predicted octanol–water partition coefficient (Wildman–Crippen LogP) is 5.88. The van der Waals surface area contributed by atoms with Crippen molar-refractivity contribution in [3.8, 4) is 5.69 Å². The number of carbonyl (C=O) groups is 2. The maximum absolute atomic E-state index is 14.9. The number of benzene rings is 2. The number of nitrogens with zero attached hydrogens (tertiary/aromatic N) is 7. The molecule has 1 saturated heterocycles. The molecule has 2 amide bonds. The van der Waals surface area contributed by atoms with Crippen molar-refractivity contribution in [2.24, 2.45) is 0 Å². The summed E-state index contributed by atoms with van der Waals surface area (Å²) in [7, 11) is 0. The third-order valence-corrected chi connectivity index (χ3v) is 10.3. The van der Waals surface area contributed by atoms with E-state index in [1.807, 2.05) is 71.6 Å². The molecule has 2 unspecified atom stereocenters. The average molecular weight is 629 g/mol. The molecule has 1 aliphatic carbocycles. The van der Waals surface area contributed by atoms with Crippen molar-refractivity contribution < 1.29 is 9.59 Å². The summed E-state index contributed by atoms with van der Waals surface area (Å²) >= 11 is 0. The fraction of sp³-hybridized carbons (Fsp3) is 0.405. The van der Waals surface area contributed by atoms with Gasteiger partial charge in [-0.2, -0.15) is 5.10 Å². The zero-order chi connectivity index (χ0) is 31.7. The predicted molar refractivity (Wildman–Crippen MR) is 179 cm³/mol. The SMILES string of the molecule is O=C1C(Cc2[nH]nc3ccccc23)c2nnc(C3CCCCC3)n2-c2ccccc2N1CC(=O)N1CCCCC1Cc1ccccn1. The minimum atomic E-state index is -0.658. The number of aromatic nitrogens is 6. The lowest BCUT2D eigenvalue weighted by molar-refractivity contribution is -0.134. The second-order valence-electron chi connectivity index (χ2n) is 13.2. The van der Waals surface area contributed by atoms with E-state index in [2.05, 4.69) is 19.7 Å². The first-order chi connectivity index (χ1) is 23.2. The maximum atomic E-state index is 14.9. The first kappa shape index (κ1) is 29.5. The van der Waals surface area contributed by atoms with Crippen molar-refractivity contribution in [1.82, 2.24) is 34.8 Å². The van der Waals surface area contributed by atoms with Crippen LogP contribution in [-0.2, 0) is 22.4 Å². The molecule has 10 nitrogen and oxygen atoms in total. The van der Waals surface area contributed by atoms with E-state index in [4.69, 9.17) is 10.2 Å². The van der Waals surface area contributed by atoms with Crippen LogP contribution in [-0.4, -0.2) is 65.8 Å². The fourth-order valence-corrected chi connectivity index (χ4v) is 7.95. The van der Waals surface area contributed by atoms with Gasteiger partial charge < -0.3 is 9.80 Å². The maximum Gasteiger partial charge on any atom is 0.242 e. The van der Waals surface area contributed by atoms with E-state index in [1.165, 1.54) is 6.42 Å². The lowest BCUT2D eigenvalue weighted by Crippen LogP contribution is -2.50. The number of fused-ring (bicyclic) bond motifs is 4. The number of piperidine rings is 1. The van der Waals surface area contributed by atoms with Crippen molar-refractivity contribution in [1.29, 1.82) is 0 Å². The van der Waals surface area contributed by atoms with Gasteiger partial charge in [-0.15, -0.1) is 10.2 Å². The number of amides is 2. The quantitative estimate of drug-likeness (QED) is 0.241. The Bertz CT molecular complexity index is 1890. The minimum absolute atomic E-state index is 0.0359. The number of nitrogens with one attached hydrogen (secondary N) is 1. The standard InChI is InChI=1S/C37H40N8O2/c46-34(43-21-11-9-15-27(43)22-26-14-8-10-20-38-26)24-44-32-18-6-7-19-33(32)45-35(25-12-2-1-3-13-25)41-42-36(45)29(37(44)47)23-31-28-16-4-5-17-30(28)39-40-31/h4-8,10,14,16-20,25,27,29H,1-3,9,11-13,15,21-24H2,(H,39,40). The van der Waals surface area contributed by atoms with Crippen molar-refractivity contribution in [3.05, 3.63) is 96.0 Å². The third kappa shape index (κ3) is 5.59. The Morgan fingerprint density at radius 1 is 0.809 bits per heavy atom. The Hall–Kier alpha value is -4.86. The Morgan fingerprint density at radius 3 is 2.43 bits per heavy atom. The summed E-state index contributed by atoms with van der Waals surface area (Å²) in [6, 6.07) is 21.9. The Morgan fingerprint density at radius 2 is 1.57 bits per heavy atom. The van der Waals surface area contributed by atoms with Crippen LogP contribution in [0.2, 0.25) is 0 Å². The van der Waals surface area contributed by atoms with Gasteiger partial charge in [0.05, 0.1) is 16.9 Å². The number of aromatic amines is 1. The van der Waals surface area contributed by atoms with Gasteiger partial charge in [0.1, 0.15) is 18.3 Å². The van der Waals surface area contributed by atoms with E-state index in [0.29, 0.717) is 25.2 Å². The Kier molecular flexibility index (Phi) is 8.00. The summed E-state index contributed by atoms with van der Waals surface area (Å²) in [4.78, 5) is 37.5. The largest absolute Gasteiger partial charge is 0.338 e. The van der Waals surface area contributed by atoms with Crippen LogP contribution in [0.3, 0.4) is 0 Å². The van der Waals surface area contributed by atoms with E-state index in [-0.39, 0.29) is 30.3 Å². The second kappa shape index (κ2) is 12.7. The number of H-pyrrole nitrogens is 1. The smallest absolute Gasteiger partial charge is 0.242 e. The molecule has 2 aliphatic heterocycles. The van der Waals surface area contributed by atoms with Crippen LogP contribution in [0.25, 0.3) is 16.6 Å². The van der Waals surface area contributed by atoms with Gasteiger partial charge in [-0.3, -0.25) is 24.2 Å². The lowest BCUT2D eigenvalue weighted by Gasteiger charge is -2.37. The van der Waals surface area contributed by atoms with Gasteiger partial charge in [-0.25, -0.2) is 0 Å². The molecule has 240 valence electrons. The highest BCUT2D eigenvalue weighted by molar-refractivity contribution is 6.04. The molecule has 3 aliphatic rings. The molecule has 10 heteroatoms. The van der Waals surface area contributed by atoms with Gasteiger partial charge in [0, 0.05) is 54.3 Å². The first-order valence-corrected chi connectivity index (χ1v) is 17.1. The van der Waals surface area contributed by atoms with Gasteiger partial charge in [0.2, 0.25) is 11.8 Å². The van der Waals surface area contributed by atoms with Crippen molar-refractivity contribution in [2.75, 3.05) is 18.0 Å². The monoisotopic (exact) mass is 628 g/mol. The first-order valence-electron chi connectivity index (χ1n) is 17.1. The molecule has 3 aromatic heterocycles. The zero-order valence-corrected chi connectivity index (χ0v) is 26.6. The van der Waals surface area contributed by atoms with Crippen LogP contribution >= 0.6 is 0 Å². The van der Waals surface area contributed by atoms with Crippen molar-refractivity contribution in [2.45, 2.75) is 82.1 Å². The molecule has 5 aromatic rings. The molecule has 2 fully saturated rings. The van der Waals surface area contributed by atoms with Crippen LogP contribution in [0.4, 0.5) is 5.69 Å². The van der Waals surface area contributed by atoms with Gasteiger partial charge in [0.15, 0.2) is 5.82 Å². The Labute approximate surface area is 274 Å². The molecule has 2 atom stereocenters. The summed E-state index contributed by atoms with van der Waals surface area (Å²) in [6.45, 7) is 0.646. The second-order valence-corrected chi connectivity index (χ2v) is 13.2. The van der Waals surface area contributed by atoms with Gasteiger partial charge in [-0.05, 0) is 62.4 Å². The van der Waals surface area contributed by atoms with Crippen LogP contribution in [0, 0.1) is 0 Å². The fourth-order valence-electron chi connectivity index (χ4n) is 7.95. The summed E-state index contributed by atoms with van der Waals surface area (Å²) in [5.74, 6) is 0.973. The Balaban J connectivity index is 1.19. The lowest BCUT2D eigenvalue weighted by atomic mass is 9.88. The minimum Gasteiger partial charge on any atom is -0.338 e. The van der Waals surface area contributed by atoms with Gasteiger partial charge in [-0.1, -0.05) is 55.7 Å². The average Bonchev–Trinajstić information content (AvgIpc) is 3.73. The van der Waals surface area contributed by atoms with E-state index in [9.17, 15) is 9.59 Å². The van der Waals surface area contributed by atoms with E-state index < -0.39 is 5.92 Å². The molecule has 0 bridgehead atoms. The number of hydrogen-bond donors (Lipinski definition) is 1. The summed E-state index contributed by atoms with van der Waals surface area (Å²) in [5, 5.41) is 18.3. The number of rotatable bonds is 7. The van der Waals surface area contributed by atoms with Crippen molar-refractivity contribution in [3.63, 3.8) is 0 Å². The van der Waals surface area contributed by atoms with Gasteiger partial charge in [0.25, 0.3) is 0 Å². The molecular formula is C37H40N8O2. The number of pyridine rings is 1. The summed E-state index contributed by atoms with van der Waals surface area (Å²) < 4.78 is 2.14. The summed E-state index contributed by atoms with van der Waals surface area (Å²) in [6.07, 6.45) is 11.5. The number of hydrogen-bond acceptors (Lipinski definition) is 6. The molecule has 0 radical (unpaired) electrons. The normalized spacial score (nSPS) is 20.2. The number of carbonyl (C=O) groups excluding carboxylic acids is 2. The summed E-state index contributed by atoms with van der Waals surface area (Å²) in [5.41, 5.74) is 4.28. The highest BCUT2D eigenvalue weighted by atomic mass is 16.2. The zero-order valence-electron chi connectivity index (χ0n) is 26.6. The molecule has 47 heavy (non-hydrogen) atoms. The molecule has 5 heterocycles. The molecule has 8 rings (SSSR count). The third-order valence-electron chi connectivity index (χ3n) is 10.3. The van der Waals surface area contributed by atoms with E-state index in [0.717, 1.165) is 84.4 Å².